The molecule has 0 spiro atoms. The highest BCUT2D eigenvalue weighted by Gasteiger charge is 2.58. The van der Waals surface area contributed by atoms with Gasteiger partial charge in [0.15, 0.2) is 29.6 Å². The van der Waals surface area contributed by atoms with Crippen LogP contribution in [0.5, 0.6) is 0 Å². The first-order chi connectivity index (χ1) is 20.9. The maximum atomic E-state index is 12.3. The Morgan fingerprint density at radius 1 is 0.600 bits per heavy atom. The summed E-state index contributed by atoms with van der Waals surface area (Å²) in [6.45, 7) is 6.60. The van der Waals surface area contributed by atoms with Crippen LogP contribution in [-0.2, 0) is 80.9 Å². The lowest BCUT2D eigenvalue weighted by Crippen LogP contribution is -2.67. The van der Waals surface area contributed by atoms with Gasteiger partial charge in [-0.05, 0) is 15.9 Å². The number of ether oxygens (including phenoxy) is 10. The molecule has 11 atom stereocenters. The van der Waals surface area contributed by atoms with E-state index in [-0.39, 0.29) is 0 Å². The zero-order valence-corrected chi connectivity index (χ0v) is 26.9. The molecule has 45 heavy (non-hydrogen) atoms. The number of halogens is 1. The van der Waals surface area contributed by atoms with Crippen molar-refractivity contribution in [1.82, 2.24) is 0 Å². The summed E-state index contributed by atoms with van der Waals surface area (Å²) < 4.78 is 54.4. The maximum Gasteiger partial charge on any atom is 0.305 e. The molecule has 2 rings (SSSR count). The Labute approximate surface area is 265 Å². The van der Waals surface area contributed by atoms with Crippen LogP contribution in [0.3, 0.4) is 0 Å². The molecule has 0 aromatic heterocycles. The van der Waals surface area contributed by atoms with Crippen molar-refractivity contribution in [1.29, 1.82) is 0 Å². The number of rotatable bonds is 11. The monoisotopic (exact) mass is 714 g/mol. The average Bonchev–Trinajstić information content (AvgIpc) is 2.87. The molecule has 0 aromatic rings. The second-order valence-electron chi connectivity index (χ2n) is 9.77. The van der Waals surface area contributed by atoms with Gasteiger partial charge < -0.3 is 52.5 Å². The molecule has 0 radical (unpaired) electrons. The van der Waals surface area contributed by atoms with Gasteiger partial charge in [-0.2, -0.15) is 0 Å². The number of hydrogen-bond acceptors (Lipinski definition) is 18. The smallest absolute Gasteiger partial charge is 0.305 e. The first-order valence-corrected chi connectivity index (χ1v) is 14.3. The van der Waals surface area contributed by atoms with Crippen molar-refractivity contribution in [2.45, 2.75) is 115 Å². The third-order valence-corrected chi connectivity index (χ3v) is 6.62. The van der Waals surface area contributed by atoms with Gasteiger partial charge in [0.1, 0.15) is 31.0 Å². The lowest BCUT2D eigenvalue weighted by Gasteiger charge is -2.48. The second-order valence-corrected chi connectivity index (χ2v) is 10.7. The normalized spacial score (nSPS) is 31.8. The summed E-state index contributed by atoms with van der Waals surface area (Å²) in [5.41, 5.74) is 0. The van der Waals surface area contributed by atoms with Gasteiger partial charge in [-0.1, -0.05) is 0 Å². The van der Waals surface area contributed by atoms with Crippen LogP contribution in [0.25, 0.3) is 0 Å². The molecule has 254 valence electrons. The van der Waals surface area contributed by atoms with Crippen LogP contribution in [0.4, 0.5) is 0 Å². The Balaban J connectivity index is 2.69. The Morgan fingerprint density at radius 3 is 1.53 bits per heavy atom. The highest BCUT2D eigenvalue weighted by Crippen LogP contribution is 2.36. The molecule has 0 bridgehead atoms. The quantitative estimate of drug-likeness (QED) is 0.159. The number of aliphatic hydroxyl groups is 1. The first kappa shape index (κ1) is 37.8. The van der Waals surface area contributed by atoms with Gasteiger partial charge in [-0.15, -0.1) is 0 Å². The lowest BCUT2D eigenvalue weighted by atomic mass is 9.96. The molecule has 0 aromatic carbocycles. The van der Waals surface area contributed by atoms with E-state index in [0.717, 1.165) is 48.5 Å². The Bertz CT molecular complexity index is 1130. The van der Waals surface area contributed by atoms with Gasteiger partial charge in [-0.3, -0.25) is 33.6 Å². The summed E-state index contributed by atoms with van der Waals surface area (Å²) in [7, 11) is 0. The highest BCUT2D eigenvalue weighted by atomic mass is 79.9. The molecule has 1 unspecified atom stereocenters. The van der Waals surface area contributed by atoms with Crippen LogP contribution in [0, 0.1) is 0 Å². The van der Waals surface area contributed by atoms with Crippen molar-refractivity contribution in [3.63, 3.8) is 0 Å². The molecule has 18 nitrogen and oxygen atoms in total. The number of esters is 7. The fourth-order valence-corrected chi connectivity index (χ4v) is 5.18. The Hall–Kier alpha value is -3.39. The first-order valence-electron chi connectivity index (χ1n) is 13.4. The van der Waals surface area contributed by atoms with E-state index in [0.29, 0.717) is 0 Å². The molecule has 2 aliphatic heterocycles. The highest BCUT2D eigenvalue weighted by molar-refractivity contribution is 9.09. The van der Waals surface area contributed by atoms with E-state index in [2.05, 4.69) is 15.9 Å². The summed E-state index contributed by atoms with van der Waals surface area (Å²) in [4.78, 5) is 83.7. The fraction of sp³-hybridized carbons (Fsp3) is 0.731. The molecule has 1 N–H and O–H groups in total. The van der Waals surface area contributed by atoms with Crippen molar-refractivity contribution >= 4 is 57.7 Å². The molecule has 0 saturated carbocycles. The molecule has 0 aliphatic carbocycles. The molecule has 19 heteroatoms. The number of alkyl halides is 1. The number of carbonyl (C=O) groups excluding carboxylic acids is 7. The van der Waals surface area contributed by atoms with E-state index in [9.17, 15) is 38.7 Å². The summed E-state index contributed by atoms with van der Waals surface area (Å²) in [5, 5.41) is 9.69. The number of hydrogen-bond donors (Lipinski definition) is 1. The Morgan fingerprint density at radius 2 is 1.07 bits per heavy atom. The van der Waals surface area contributed by atoms with Crippen LogP contribution < -0.4 is 0 Å². The van der Waals surface area contributed by atoms with E-state index in [1.54, 1.807) is 0 Å². The summed E-state index contributed by atoms with van der Waals surface area (Å²) in [6.07, 6.45) is -16.7. The molecule has 2 aliphatic rings. The van der Waals surface area contributed by atoms with E-state index in [1.807, 2.05) is 0 Å². The van der Waals surface area contributed by atoms with Crippen LogP contribution in [0.1, 0.15) is 48.5 Å². The van der Waals surface area contributed by atoms with E-state index < -0.39 is 115 Å². The van der Waals surface area contributed by atoms with Gasteiger partial charge in [-0.25, -0.2) is 0 Å². The molecule has 0 amide bonds. The third kappa shape index (κ3) is 11.2. The van der Waals surface area contributed by atoms with Crippen molar-refractivity contribution < 1.29 is 86.0 Å². The Kier molecular flexibility index (Phi) is 14.1. The average molecular weight is 715 g/mol. The van der Waals surface area contributed by atoms with Gasteiger partial charge in [0.05, 0.1) is 0 Å². The summed E-state index contributed by atoms with van der Waals surface area (Å²) >= 11 is 3.07. The minimum atomic E-state index is -1.84. The topological polar surface area (TPSA) is 232 Å². The van der Waals surface area contributed by atoms with Crippen LogP contribution in [0.2, 0.25) is 0 Å². The molecule has 2 fully saturated rings. The predicted octanol–water partition coefficient (Wildman–Crippen LogP) is -0.681. The number of aliphatic hydroxyl groups excluding tert-OH is 1. The molecule has 2 saturated heterocycles. The van der Waals surface area contributed by atoms with Gasteiger partial charge in [0.25, 0.3) is 0 Å². The van der Waals surface area contributed by atoms with Gasteiger partial charge >= 0.3 is 41.8 Å². The van der Waals surface area contributed by atoms with Crippen LogP contribution >= 0.6 is 15.9 Å². The van der Waals surface area contributed by atoms with E-state index in [4.69, 9.17) is 47.4 Å². The summed E-state index contributed by atoms with van der Waals surface area (Å²) in [6, 6.07) is 0. The second kappa shape index (κ2) is 16.8. The molecule has 2 heterocycles. The zero-order chi connectivity index (χ0) is 34.2. The molecular formula is C26H35BrO18. The van der Waals surface area contributed by atoms with E-state index >= 15 is 0 Å². The summed E-state index contributed by atoms with van der Waals surface area (Å²) in [5.74, 6) is -6.15. The minimum Gasteiger partial charge on any atom is -0.463 e. The van der Waals surface area contributed by atoms with Crippen LogP contribution in [-0.4, -0.2) is 120 Å². The zero-order valence-electron chi connectivity index (χ0n) is 25.3. The standard InChI is InChI=1S/C26H35BrO18/c1-9(28)36-8-16-18(21(38-11(3)30)23(40-13(5)32)25(43-16)42-15(7)34)44-26-22(39-12(4)31)19(37-10(2)29)17(35)20(45-26)24(27)41-14(6)33/h16-26,35H,8H2,1-7H3/t16-,17-,18-,19+,20+,21+,22-,23-,24?,25+,26-/m1/s1. The maximum absolute atomic E-state index is 12.3. The molecular weight excluding hydrogens is 680 g/mol. The lowest BCUT2D eigenvalue weighted by molar-refractivity contribution is -0.358. The number of carbonyl (C=O) groups is 7. The predicted molar refractivity (Wildman–Crippen MR) is 143 cm³/mol. The van der Waals surface area contributed by atoms with Crippen molar-refractivity contribution in [3.05, 3.63) is 0 Å². The van der Waals surface area contributed by atoms with Crippen molar-refractivity contribution in [2.75, 3.05) is 6.61 Å². The third-order valence-electron chi connectivity index (χ3n) is 5.92. The fourth-order valence-electron chi connectivity index (χ4n) is 4.48. The van der Waals surface area contributed by atoms with Gasteiger partial charge in [0, 0.05) is 48.5 Å². The largest absolute Gasteiger partial charge is 0.463 e. The minimum absolute atomic E-state index is 0.610. The SMILES string of the molecule is CC(=O)OC[C@H]1O[C@H](OC(C)=O)[C@H](OC(C)=O)[C@@H](OC(C)=O)[C@@H]1O[C@@H]1O[C@H](C(Br)OC(C)=O)[C@H](O)[C@H](OC(C)=O)[C@H]1OC(C)=O. The van der Waals surface area contributed by atoms with Gasteiger partial charge in [0.2, 0.25) is 12.4 Å². The van der Waals surface area contributed by atoms with Crippen LogP contribution in [0.15, 0.2) is 0 Å². The van der Waals surface area contributed by atoms with Crippen molar-refractivity contribution in [2.24, 2.45) is 0 Å². The van der Waals surface area contributed by atoms with E-state index in [1.165, 1.54) is 0 Å². The van der Waals surface area contributed by atoms with Crippen molar-refractivity contribution in [3.8, 4) is 0 Å².